The van der Waals surface area contributed by atoms with Crippen molar-refractivity contribution in [3.05, 3.63) is 54.1 Å². The maximum atomic E-state index is 14.4. The predicted molar refractivity (Wildman–Crippen MR) is 101 cm³/mol. The van der Waals surface area contributed by atoms with Gasteiger partial charge in [-0.1, -0.05) is 12.5 Å². The van der Waals surface area contributed by atoms with E-state index in [9.17, 15) is 17.9 Å². The van der Waals surface area contributed by atoms with Crippen LogP contribution in [0.15, 0.2) is 47.5 Å². The van der Waals surface area contributed by atoms with Crippen LogP contribution in [0.25, 0.3) is 0 Å². The van der Waals surface area contributed by atoms with Gasteiger partial charge in [-0.15, -0.1) is 0 Å². The third-order valence-corrected chi connectivity index (χ3v) is 7.93. The largest absolute Gasteiger partial charge is 0.497 e. The smallest absolute Gasteiger partial charge is 0.243 e. The topological polar surface area (TPSA) is 79.7 Å². The number of hydrogen-bond donors (Lipinski definition) is 1. The van der Waals surface area contributed by atoms with Crippen LogP contribution in [0.4, 0.5) is 4.39 Å². The van der Waals surface area contributed by atoms with Crippen molar-refractivity contribution in [3.8, 4) is 5.75 Å². The van der Waals surface area contributed by atoms with E-state index in [1.54, 1.807) is 24.3 Å². The molecule has 2 atom stereocenters. The molecule has 6 nitrogen and oxygen atoms in total. The van der Waals surface area contributed by atoms with Crippen LogP contribution in [-0.4, -0.2) is 43.0 Å². The summed E-state index contributed by atoms with van der Waals surface area (Å²) in [4.78, 5) is 3.87. The number of pyridine rings is 1. The molecule has 1 saturated heterocycles. The van der Waals surface area contributed by atoms with E-state index in [1.165, 1.54) is 29.7 Å². The van der Waals surface area contributed by atoms with Gasteiger partial charge in [0.15, 0.2) is 0 Å². The van der Waals surface area contributed by atoms with Crippen LogP contribution < -0.4 is 4.74 Å². The first kappa shape index (κ1) is 19.3. The van der Waals surface area contributed by atoms with Gasteiger partial charge < -0.3 is 9.84 Å². The van der Waals surface area contributed by atoms with E-state index >= 15 is 0 Å². The van der Waals surface area contributed by atoms with Gasteiger partial charge in [0.05, 0.1) is 12.0 Å². The van der Waals surface area contributed by atoms with Gasteiger partial charge in [-0.2, -0.15) is 8.70 Å². The number of ether oxygens (including phenoxy) is 1. The Morgan fingerprint density at radius 2 is 1.82 bits per heavy atom. The van der Waals surface area contributed by atoms with E-state index in [0.29, 0.717) is 18.6 Å². The van der Waals surface area contributed by atoms with Crippen molar-refractivity contribution < 1.29 is 22.7 Å². The molecule has 1 aliphatic heterocycles. The number of aromatic nitrogens is 1. The number of piperidine rings is 1. The third kappa shape index (κ3) is 3.00. The normalized spacial score (nSPS) is 28.1. The fraction of sp³-hybridized carbons (Fsp3) is 0.450. The first-order valence-electron chi connectivity index (χ1n) is 9.35. The van der Waals surface area contributed by atoms with Gasteiger partial charge in [0.1, 0.15) is 11.4 Å². The highest BCUT2D eigenvalue weighted by Crippen LogP contribution is 2.50. The van der Waals surface area contributed by atoms with Crippen LogP contribution in [0.2, 0.25) is 0 Å². The molecule has 1 saturated carbocycles. The van der Waals surface area contributed by atoms with Crippen molar-refractivity contribution >= 4 is 10.0 Å². The lowest BCUT2D eigenvalue weighted by Gasteiger charge is -2.52. The average Bonchev–Trinajstić information content (AvgIpc) is 2.68. The molecule has 0 radical (unpaired) electrons. The number of benzene rings is 1. The molecular formula is C20H23FN2O4S. The minimum atomic E-state index is -3.71. The molecule has 0 unspecified atom stereocenters. The van der Waals surface area contributed by atoms with E-state index in [1.807, 2.05) is 0 Å². The molecule has 0 amide bonds. The fourth-order valence-corrected chi connectivity index (χ4v) is 6.16. The summed E-state index contributed by atoms with van der Waals surface area (Å²) in [5.74, 6) is -0.873. The number of rotatable bonds is 4. The summed E-state index contributed by atoms with van der Waals surface area (Å²) < 4.78 is 47.2. The molecule has 1 aliphatic carbocycles. The monoisotopic (exact) mass is 406 g/mol. The van der Waals surface area contributed by atoms with Gasteiger partial charge in [0, 0.05) is 36.7 Å². The Balaban J connectivity index is 1.67. The van der Waals surface area contributed by atoms with Crippen molar-refractivity contribution in [3.63, 3.8) is 0 Å². The summed E-state index contributed by atoms with van der Waals surface area (Å²) in [6.45, 7) is 0.297. The lowest BCUT2D eigenvalue weighted by Crippen LogP contribution is -2.59. The van der Waals surface area contributed by atoms with Gasteiger partial charge in [0.25, 0.3) is 0 Å². The van der Waals surface area contributed by atoms with Gasteiger partial charge in [-0.25, -0.2) is 13.4 Å². The summed E-state index contributed by atoms with van der Waals surface area (Å²) >= 11 is 0. The third-order valence-electron chi connectivity index (χ3n) is 6.09. The molecule has 0 spiro atoms. The van der Waals surface area contributed by atoms with Crippen molar-refractivity contribution in [2.24, 2.45) is 11.8 Å². The minimum absolute atomic E-state index is 0.149. The highest BCUT2D eigenvalue weighted by molar-refractivity contribution is 7.89. The molecule has 1 aromatic heterocycles. The van der Waals surface area contributed by atoms with Gasteiger partial charge in [-0.05, 0) is 43.2 Å². The average molecular weight is 406 g/mol. The van der Waals surface area contributed by atoms with Crippen LogP contribution in [0.3, 0.4) is 0 Å². The summed E-state index contributed by atoms with van der Waals surface area (Å²) in [6.07, 6.45) is 3.50. The molecule has 8 heteroatoms. The second-order valence-electron chi connectivity index (χ2n) is 7.49. The molecule has 2 bridgehead atoms. The summed E-state index contributed by atoms with van der Waals surface area (Å²) in [5.41, 5.74) is -1.23. The molecule has 1 N–H and O–H groups in total. The Morgan fingerprint density at radius 1 is 1.18 bits per heavy atom. The van der Waals surface area contributed by atoms with Crippen molar-refractivity contribution in [1.29, 1.82) is 0 Å². The SMILES string of the molecule is COc1ccc(S(=O)(=O)N2C[C@H]3CCC[C@H](C2)C3(O)c2cccnc2F)cc1. The summed E-state index contributed by atoms with van der Waals surface area (Å²) in [6, 6.07) is 9.42. The standard InChI is InChI=1S/C20H23FN2O4S/c1-27-16-7-9-17(10-8-16)28(25,26)23-12-14-4-2-5-15(13-23)20(14,24)18-6-3-11-22-19(18)21/h3,6-11,14-15,24H,2,4-5,12-13H2,1H3/t14-,15-/m1/s1. The van der Waals surface area contributed by atoms with Crippen molar-refractivity contribution in [1.82, 2.24) is 9.29 Å². The van der Waals surface area contributed by atoms with E-state index in [4.69, 9.17) is 4.74 Å². The van der Waals surface area contributed by atoms with Gasteiger partial charge >= 0.3 is 0 Å². The molecule has 2 fully saturated rings. The maximum absolute atomic E-state index is 14.4. The fourth-order valence-electron chi connectivity index (χ4n) is 4.63. The number of halogens is 1. The van der Waals surface area contributed by atoms with Crippen molar-refractivity contribution in [2.75, 3.05) is 20.2 Å². The Labute approximate surface area is 164 Å². The number of sulfonamides is 1. The number of methoxy groups -OCH3 is 1. The zero-order valence-corrected chi connectivity index (χ0v) is 16.4. The highest BCUT2D eigenvalue weighted by Gasteiger charge is 2.54. The van der Waals surface area contributed by atoms with Crippen LogP contribution in [0, 0.1) is 17.8 Å². The molecule has 4 rings (SSSR count). The zero-order chi connectivity index (χ0) is 19.9. The van der Waals surface area contributed by atoms with Crippen LogP contribution in [-0.2, 0) is 15.6 Å². The Hall–Kier alpha value is -2.03. The van der Waals surface area contributed by atoms with Gasteiger partial charge in [0.2, 0.25) is 16.0 Å². The second kappa shape index (κ2) is 7.09. The summed E-state index contributed by atoms with van der Waals surface area (Å²) in [7, 11) is -2.19. The van der Waals surface area contributed by atoms with E-state index in [0.717, 1.165) is 6.42 Å². The first-order valence-corrected chi connectivity index (χ1v) is 10.8. The van der Waals surface area contributed by atoms with Crippen molar-refractivity contribution in [2.45, 2.75) is 29.8 Å². The Kier molecular flexibility index (Phi) is 4.89. The molecular weight excluding hydrogens is 383 g/mol. The minimum Gasteiger partial charge on any atom is -0.497 e. The van der Waals surface area contributed by atoms with E-state index in [2.05, 4.69) is 4.98 Å². The Morgan fingerprint density at radius 3 is 2.39 bits per heavy atom. The Bertz CT molecular complexity index is 950. The van der Waals surface area contributed by atoms with Crippen LogP contribution >= 0.6 is 0 Å². The predicted octanol–water partition coefficient (Wildman–Crippen LogP) is 2.54. The first-order chi connectivity index (χ1) is 13.4. The molecule has 2 aliphatic rings. The lowest BCUT2D eigenvalue weighted by atomic mass is 9.63. The molecule has 2 aromatic rings. The number of nitrogens with zero attached hydrogens (tertiary/aromatic N) is 2. The maximum Gasteiger partial charge on any atom is 0.243 e. The number of fused-ring (bicyclic) bond motifs is 2. The van der Waals surface area contributed by atoms with Gasteiger partial charge in [-0.3, -0.25) is 0 Å². The van der Waals surface area contributed by atoms with E-state index in [-0.39, 0.29) is 35.4 Å². The molecule has 1 aromatic carbocycles. The van der Waals surface area contributed by atoms with E-state index < -0.39 is 21.6 Å². The quantitative estimate of drug-likeness (QED) is 0.790. The second-order valence-corrected chi connectivity index (χ2v) is 9.43. The summed E-state index contributed by atoms with van der Waals surface area (Å²) in [5, 5.41) is 11.5. The molecule has 28 heavy (non-hydrogen) atoms. The lowest BCUT2D eigenvalue weighted by molar-refractivity contribution is -0.135. The molecule has 2 heterocycles. The van der Waals surface area contributed by atoms with Crippen LogP contribution in [0.1, 0.15) is 24.8 Å². The highest BCUT2D eigenvalue weighted by atomic mass is 32.2. The number of hydrogen-bond acceptors (Lipinski definition) is 5. The zero-order valence-electron chi connectivity index (χ0n) is 15.6. The number of aliphatic hydroxyl groups is 1. The van der Waals surface area contributed by atoms with Crippen LogP contribution in [0.5, 0.6) is 5.75 Å². The molecule has 150 valence electrons.